The van der Waals surface area contributed by atoms with E-state index in [2.05, 4.69) is 25.9 Å². The highest BCUT2D eigenvalue weighted by Crippen LogP contribution is 2.21. The van der Waals surface area contributed by atoms with Crippen LogP contribution in [-0.2, 0) is 4.79 Å². The number of aromatic amines is 1. The lowest BCUT2D eigenvalue weighted by Gasteiger charge is -2.10. The van der Waals surface area contributed by atoms with Gasteiger partial charge in [-0.3, -0.25) is 4.79 Å². The van der Waals surface area contributed by atoms with E-state index < -0.39 is 31.0 Å². The predicted molar refractivity (Wildman–Crippen MR) is 46.0 cm³/mol. The first-order valence-corrected chi connectivity index (χ1v) is 4.48. The fourth-order valence-electron chi connectivity index (χ4n) is 0.986. The molecule has 0 aromatic carbocycles. The van der Waals surface area contributed by atoms with Crippen LogP contribution in [-0.4, -0.2) is 32.7 Å². The summed E-state index contributed by atoms with van der Waals surface area (Å²) >= 11 is 0. The van der Waals surface area contributed by atoms with Crippen LogP contribution >= 0.6 is 0 Å². The number of amides is 1. The lowest BCUT2D eigenvalue weighted by molar-refractivity contribution is -0.144. The molecule has 0 aliphatic rings. The summed E-state index contributed by atoms with van der Waals surface area (Å²) in [5, 5.41) is 15.0. The van der Waals surface area contributed by atoms with Gasteiger partial charge >= 0.3 is 6.18 Å². The summed E-state index contributed by atoms with van der Waals surface area (Å²) < 4.78 is 35.4. The molecule has 2 N–H and O–H groups in total. The quantitative estimate of drug-likeness (QED) is 0.808. The zero-order valence-corrected chi connectivity index (χ0v) is 8.38. The minimum atomic E-state index is -4.33. The Labute approximate surface area is 88.6 Å². The number of hydrogen-bond donors (Lipinski definition) is 2. The van der Waals surface area contributed by atoms with E-state index in [1.54, 1.807) is 6.92 Å². The van der Waals surface area contributed by atoms with Gasteiger partial charge in [0, 0.05) is 6.42 Å². The van der Waals surface area contributed by atoms with Gasteiger partial charge in [-0.25, -0.2) is 0 Å². The number of alkyl halides is 3. The third-order valence-electron chi connectivity index (χ3n) is 1.76. The molecule has 0 aliphatic carbocycles. The molecular weight excluding hydrogens is 227 g/mol. The number of H-pyrrole nitrogens is 1. The number of carbonyl (C=O) groups is 1. The molecule has 0 fully saturated rings. The second-order valence-electron chi connectivity index (χ2n) is 3.17. The summed E-state index contributed by atoms with van der Waals surface area (Å²) in [6, 6.07) is -0.570. The maximum Gasteiger partial charge on any atom is 0.389 e. The number of aromatic nitrogens is 4. The van der Waals surface area contributed by atoms with Crippen molar-refractivity contribution in [2.75, 3.05) is 0 Å². The molecule has 90 valence electrons. The van der Waals surface area contributed by atoms with Crippen LogP contribution in [0, 0.1) is 0 Å². The molecule has 1 heterocycles. The molecule has 1 amide bonds. The van der Waals surface area contributed by atoms with Gasteiger partial charge in [0.25, 0.3) is 0 Å². The average molecular weight is 237 g/mol. The maximum absolute atomic E-state index is 11.8. The number of tetrazole rings is 1. The largest absolute Gasteiger partial charge is 0.389 e. The normalized spacial score (nSPS) is 13.5. The Hall–Kier alpha value is -1.67. The van der Waals surface area contributed by atoms with Crippen LogP contribution in [0.15, 0.2) is 0 Å². The van der Waals surface area contributed by atoms with Gasteiger partial charge in [-0.2, -0.15) is 18.4 Å². The summed E-state index contributed by atoms with van der Waals surface area (Å²) in [4.78, 5) is 11.1. The van der Waals surface area contributed by atoms with Gasteiger partial charge < -0.3 is 5.32 Å². The van der Waals surface area contributed by atoms with E-state index in [1.807, 2.05) is 0 Å². The first-order valence-electron chi connectivity index (χ1n) is 4.48. The number of halogens is 3. The average Bonchev–Trinajstić information content (AvgIpc) is 2.66. The van der Waals surface area contributed by atoms with Gasteiger partial charge in [0.1, 0.15) is 0 Å². The number of carbonyl (C=O) groups excluding carboxylic acids is 1. The molecule has 1 unspecified atom stereocenters. The number of nitrogens with one attached hydrogen (secondary N) is 2. The highest BCUT2D eigenvalue weighted by molar-refractivity contribution is 5.76. The van der Waals surface area contributed by atoms with Crippen molar-refractivity contribution >= 4 is 5.91 Å². The van der Waals surface area contributed by atoms with Gasteiger partial charge in [-0.15, -0.1) is 10.2 Å². The molecule has 0 spiro atoms. The second kappa shape index (κ2) is 4.90. The number of hydrogen-bond acceptors (Lipinski definition) is 4. The van der Waals surface area contributed by atoms with Crippen LogP contribution in [0.25, 0.3) is 0 Å². The Morgan fingerprint density at radius 3 is 2.75 bits per heavy atom. The maximum atomic E-state index is 11.8. The Bertz CT molecular complexity index is 336. The minimum Gasteiger partial charge on any atom is -0.346 e. The van der Waals surface area contributed by atoms with Crippen LogP contribution in [0.4, 0.5) is 13.2 Å². The van der Waals surface area contributed by atoms with Gasteiger partial charge in [0.2, 0.25) is 5.91 Å². The zero-order valence-electron chi connectivity index (χ0n) is 8.38. The molecule has 9 heteroatoms. The highest BCUT2D eigenvalue weighted by Gasteiger charge is 2.28. The van der Waals surface area contributed by atoms with Crippen LogP contribution in [0.1, 0.15) is 31.6 Å². The molecule has 0 saturated heterocycles. The summed E-state index contributed by atoms with van der Waals surface area (Å²) in [5.41, 5.74) is 0. The Balaban J connectivity index is 2.35. The minimum absolute atomic E-state index is 0.223. The molecule has 1 rings (SSSR count). The van der Waals surface area contributed by atoms with E-state index >= 15 is 0 Å². The third kappa shape index (κ3) is 4.24. The molecule has 0 radical (unpaired) electrons. The van der Waals surface area contributed by atoms with Crippen molar-refractivity contribution in [1.82, 2.24) is 25.9 Å². The summed E-state index contributed by atoms with van der Waals surface area (Å²) in [7, 11) is 0. The highest BCUT2D eigenvalue weighted by atomic mass is 19.4. The van der Waals surface area contributed by atoms with Crippen LogP contribution in [0.3, 0.4) is 0 Å². The van der Waals surface area contributed by atoms with Crippen LogP contribution in [0.2, 0.25) is 0 Å². The van der Waals surface area contributed by atoms with Crippen molar-refractivity contribution in [1.29, 1.82) is 0 Å². The monoisotopic (exact) mass is 237 g/mol. The van der Waals surface area contributed by atoms with Crippen molar-refractivity contribution in [3.8, 4) is 0 Å². The zero-order chi connectivity index (χ0) is 12.2. The fourth-order valence-corrected chi connectivity index (χ4v) is 0.986. The third-order valence-corrected chi connectivity index (χ3v) is 1.76. The summed E-state index contributed by atoms with van der Waals surface area (Å²) in [5.74, 6) is -0.477. The SMILES string of the molecule is CC(NC(=O)CCC(F)(F)F)c1nn[nH]n1. The Morgan fingerprint density at radius 2 is 2.25 bits per heavy atom. The molecule has 16 heavy (non-hydrogen) atoms. The van der Waals surface area contributed by atoms with E-state index in [9.17, 15) is 18.0 Å². The molecule has 1 aromatic rings. The summed E-state index contributed by atoms with van der Waals surface area (Å²) in [6.45, 7) is 1.55. The second-order valence-corrected chi connectivity index (χ2v) is 3.17. The van der Waals surface area contributed by atoms with E-state index in [1.165, 1.54) is 0 Å². The van der Waals surface area contributed by atoms with Gasteiger partial charge in [-0.05, 0) is 6.92 Å². The number of nitrogens with zero attached hydrogens (tertiary/aromatic N) is 3. The lowest BCUT2D eigenvalue weighted by Crippen LogP contribution is -2.28. The van der Waals surface area contributed by atoms with Gasteiger partial charge in [0.15, 0.2) is 5.82 Å². The topological polar surface area (TPSA) is 83.6 Å². The van der Waals surface area contributed by atoms with Crippen LogP contribution < -0.4 is 5.32 Å². The molecule has 1 atom stereocenters. The lowest BCUT2D eigenvalue weighted by atomic mass is 10.2. The van der Waals surface area contributed by atoms with Crippen molar-refractivity contribution in [2.45, 2.75) is 32.0 Å². The van der Waals surface area contributed by atoms with Crippen molar-refractivity contribution < 1.29 is 18.0 Å². The van der Waals surface area contributed by atoms with E-state index in [4.69, 9.17) is 0 Å². The molecule has 0 bridgehead atoms. The van der Waals surface area contributed by atoms with E-state index in [0.29, 0.717) is 0 Å². The first-order chi connectivity index (χ1) is 7.38. The smallest absolute Gasteiger partial charge is 0.346 e. The van der Waals surface area contributed by atoms with E-state index in [-0.39, 0.29) is 5.82 Å². The molecule has 0 saturated carbocycles. The molecule has 1 aromatic heterocycles. The van der Waals surface area contributed by atoms with Crippen molar-refractivity contribution in [3.63, 3.8) is 0 Å². The predicted octanol–water partition coefficient (Wildman–Crippen LogP) is 0.719. The van der Waals surface area contributed by atoms with E-state index in [0.717, 1.165) is 0 Å². The Kier molecular flexibility index (Phi) is 3.80. The van der Waals surface area contributed by atoms with Gasteiger partial charge in [-0.1, -0.05) is 5.21 Å². The molecular formula is C7H10F3N5O. The molecule has 6 nitrogen and oxygen atoms in total. The molecule has 0 aliphatic heterocycles. The van der Waals surface area contributed by atoms with Crippen molar-refractivity contribution in [2.24, 2.45) is 0 Å². The standard InChI is InChI=1S/C7H10F3N5O/c1-4(6-12-14-15-13-6)11-5(16)2-3-7(8,9)10/h4H,2-3H2,1H3,(H,11,16)(H,12,13,14,15). The van der Waals surface area contributed by atoms with Gasteiger partial charge in [0.05, 0.1) is 12.5 Å². The first kappa shape index (κ1) is 12.4. The number of rotatable bonds is 4. The Morgan fingerprint density at radius 1 is 1.56 bits per heavy atom. The summed E-state index contributed by atoms with van der Waals surface area (Å²) in [6.07, 6.45) is -6.07. The fraction of sp³-hybridized carbons (Fsp3) is 0.714. The van der Waals surface area contributed by atoms with Crippen molar-refractivity contribution in [3.05, 3.63) is 5.82 Å². The van der Waals surface area contributed by atoms with Crippen LogP contribution in [0.5, 0.6) is 0 Å².